The molecule has 0 radical (unpaired) electrons. The van der Waals surface area contributed by atoms with E-state index in [0.29, 0.717) is 5.95 Å². The van der Waals surface area contributed by atoms with Crippen LogP contribution in [0.4, 0.5) is 10.9 Å². The summed E-state index contributed by atoms with van der Waals surface area (Å²) in [7, 11) is 0. The lowest BCUT2D eigenvalue weighted by molar-refractivity contribution is 0.800. The van der Waals surface area contributed by atoms with Gasteiger partial charge in [-0.3, -0.25) is 0 Å². The largest absolute Gasteiger partial charge is 0.390 e. The lowest BCUT2D eigenvalue weighted by atomic mass is 10.5. The van der Waals surface area contributed by atoms with Gasteiger partial charge in [-0.25, -0.2) is 4.98 Å². The Hall–Kier alpha value is -1.23. The minimum atomic E-state index is 0.568. The summed E-state index contributed by atoms with van der Waals surface area (Å²) in [5.74, 6) is 0.568. The number of fused-ring (bicyclic) bond motifs is 1. The van der Waals surface area contributed by atoms with E-state index in [4.69, 9.17) is 11.5 Å². The topological polar surface area (TPSA) is 69.9 Å². The first-order valence-electron chi connectivity index (χ1n) is 3.73. The van der Waals surface area contributed by atoms with E-state index in [2.05, 4.69) is 4.98 Å². The Morgan fingerprint density at radius 2 is 2.33 bits per heavy atom. The van der Waals surface area contributed by atoms with Crippen molar-refractivity contribution in [2.75, 3.05) is 11.5 Å². The zero-order valence-electron chi connectivity index (χ0n) is 6.74. The Morgan fingerprint density at radius 1 is 1.58 bits per heavy atom. The predicted molar refractivity (Wildman–Crippen MR) is 52.1 cm³/mol. The van der Waals surface area contributed by atoms with Crippen LogP contribution < -0.4 is 11.5 Å². The number of aryl methyl sites for hydroxylation is 1. The molecule has 4 nitrogen and oxygen atoms in total. The smallest absolute Gasteiger partial charge is 0.202 e. The van der Waals surface area contributed by atoms with Crippen LogP contribution in [0.2, 0.25) is 0 Å². The van der Waals surface area contributed by atoms with Gasteiger partial charge in [0.15, 0.2) is 0 Å². The molecular weight excluding hydrogens is 172 g/mol. The van der Waals surface area contributed by atoms with Gasteiger partial charge < -0.3 is 16.0 Å². The number of aromatic nitrogens is 2. The lowest BCUT2D eigenvalue weighted by Gasteiger charge is -1.98. The van der Waals surface area contributed by atoms with Gasteiger partial charge in [-0.2, -0.15) is 0 Å². The summed E-state index contributed by atoms with van der Waals surface area (Å²) in [6, 6.07) is 1.91. The molecule has 0 aliphatic heterocycles. The summed E-state index contributed by atoms with van der Waals surface area (Å²) in [5, 5.41) is 0.787. The van der Waals surface area contributed by atoms with Crippen LogP contribution in [0.1, 0.15) is 6.92 Å². The van der Waals surface area contributed by atoms with Crippen LogP contribution >= 0.6 is 11.3 Å². The molecule has 64 valence electrons. The maximum atomic E-state index is 5.68. The molecule has 2 aromatic heterocycles. The molecule has 0 aliphatic rings. The fourth-order valence-electron chi connectivity index (χ4n) is 1.28. The fourth-order valence-corrected chi connectivity index (χ4v) is 2.09. The summed E-state index contributed by atoms with van der Waals surface area (Å²) in [6.45, 7) is 2.86. The van der Waals surface area contributed by atoms with Crippen molar-refractivity contribution in [1.82, 2.24) is 9.55 Å². The predicted octanol–water partition coefficient (Wildman–Crippen LogP) is 1.28. The number of nitrogens with zero attached hydrogens (tertiary/aromatic N) is 2. The van der Waals surface area contributed by atoms with E-state index in [-0.39, 0.29) is 0 Å². The van der Waals surface area contributed by atoms with Crippen LogP contribution in [-0.2, 0) is 6.54 Å². The highest BCUT2D eigenvalue weighted by Gasteiger charge is 2.08. The summed E-state index contributed by atoms with van der Waals surface area (Å²) in [6.07, 6.45) is 0. The first-order valence-corrected chi connectivity index (χ1v) is 4.55. The number of anilines is 2. The third-order valence-corrected chi connectivity index (χ3v) is 2.66. The number of rotatable bonds is 1. The molecule has 0 unspecified atom stereocenters. The average molecular weight is 182 g/mol. The molecule has 4 N–H and O–H groups in total. The third kappa shape index (κ3) is 0.863. The van der Waals surface area contributed by atoms with Gasteiger partial charge in [-0.1, -0.05) is 11.3 Å². The zero-order valence-corrected chi connectivity index (χ0v) is 7.56. The average Bonchev–Trinajstić information content (AvgIpc) is 2.43. The minimum Gasteiger partial charge on any atom is -0.390 e. The molecule has 2 aromatic rings. The van der Waals surface area contributed by atoms with Gasteiger partial charge in [0, 0.05) is 6.54 Å². The molecule has 2 rings (SSSR count). The molecular formula is C7H10N4S. The van der Waals surface area contributed by atoms with E-state index >= 15 is 0 Å². The van der Waals surface area contributed by atoms with Crippen LogP contribution in [0.3, 0.4) is 0 Å². The van der Waals surface area contributed by atoms with E-state index in [1.807, 2.05) is 17.6 Å². The van der Waals surface area contributed by atoms with Gasteiger partial charge >= 0.3 is 0 Å². The van der Waals surface area contributed by atoms with Crippen LogP contribution in [0.5, 0.6) is 0 Å². The molecule has 0 aliphatic carbocycles. The van der Waals surface area contributed by atoms with E-state index in [9.17, 15) is 0 Å². The quantitative estimate of drug-likeness (QED) is 0.698. The number of thiophene rings is 1. The van der Waals surface area contributed by atoms with Crippen LogP contribution in [-0.4, -0.2) is 9.55 Å². The minimum absolute atomic E-state index is 0.568. The van der Waals surface area contributed by atoms with Crippen LogP contribution in [0, 0.1) is 0 Å². The van der Waals surface area contributed by atoms with Gasteiger partial charge in [-0.05, 0) is 13.0 Å². The van der Waals surface area contributed by atoms with Gasteiger partial charge in [-0.15, -0.1) is 0 Å². The standard InChI is InChI=1S/C7H10N4S/c1-2-11-4-3-5(8)12-6(4)10-7(11)9/h3H,2,8H2,1H3,(H2,9,10). The second-order valence-electron chi connectivity index (χ2n) is 2.55. The number of imidazole rings is 1. The molecule has 0 atom stereocenters. The van der Waals surface area contributed by atoms with Crippen LogP contribution in [0.25, 0.3) is 10.3 Å². The molecule has 2 heterocycles. The van der Waals surface area contributed by atoms with Gasteiger partial charge in [0.2, 0.25) is 5.95 Å². The molecule has 0 saturated heterocycles. The molecule has 0 fully saturated rings. The van der Waals surface area contributed by atoms with E-state index in [1.165, 1.54) is 11.3 Å². The van der Waals surface area contributed by atoms with Crippen LogP contribution in [0.15, 0.2) is 6.07 Å². The molecule has 5 heteroatoms. The number of nitrogens with two attached hydrogens (primary N) is 2. The summed E-state index contributed by atoms with van der Waals surface area (Å²) < 4.78 is 1.95. The van der Waals surface area contributed by atoms with Crippen molar-refractivity contribution in [3.63, 3.8) is 0 Å². The number of hydrogen-bond acceptors (Lipinski definition) is 4. The monoisotopic (exact) mass is 182 g/mol. The SMILES string of the molecule is CCn1c(N)nc2sc(N)cc21. The van der Waals surface area contributed by atoms with E-state index < -0.39 is 0 Å². The second kappa shape index (κ2) is 2.38. The normalized spacial score (nSPS) is 11.1. The van der Waals surface area contributed by atoms with Gasteiger partial charge in [0.1, 0.15) is 4.83 Å². The van der Waals surface area contributed by atoms with Crippen molar-refractivity contribution in [2.45, 2.75) is 13.5 Å². The molecule has 12 heavy (non-hydrogen) atoms. The summed E-state index contributed by atoms with van der Waals surface area (Å²) >= 11 is 1.47. The van der Waals surface area contributed by atoms with Gasteiger partial charge in [0.25, 0.3) is 0 Å². The van der Waals surface area contributed by atoms with Crippen molar-refractivity contribution < 1.29 is 0 Å². The van der Waals surface area contributed by atoms with Crippen molar-refractivity contribution in [2.24, 2.45) is 0 Å². The molecule has 0 bridgehead atoms. The maximum Gasteiger partial charge on any atom is 0.202 e. The first-order chi connectivity index (χ1) is 5.72. The molecule has 0 aromatic carbocycles. The summed E-state index contributed by atoms with van der Waals surface area (Å²) in [5.41, 5.74) is 12.3. The molecule has 0 spiro atoms. The first kappa shape index (κ1) is 7.42. The third-order valence-electron chi connectivity index (χ3n) is 1.81. The van der Waals surface area contributed by atoms with Gasteiger partial charge in [0.05, 0.1) is 10.5 Å². The van der Waals surface area contributed by atoms with E-state index in [1.54, 1.807) is 0 Å². The molecule has 0 amide bonds. The Labute approximate surface area is 73.8 Å². The Balaban J connectivity index is 2.78. The van der Waals surface area contributed by atoms with E-state index in [0.717, 1.165) is 21.9 Å². The van der Waals surface area contributed by atoms with Crippen molar-refractivity contribution in [3.05, 3.63) is 6.07 Å². The second-order valence-corrected chi connectivity index (χ2v) is 3.62. The lowest BCUT2D eigenvalue weighted by Crippen LogP contribution is -2.00. The highest BCUT2D eigenvalue weighted by molar-refractivity contribution is 7.22. The fraction of sp³-hybridized carbons (Fsp3) is 0.286. The number of hydrogen-bond donors (Lipinski definition) is 2. The Kier molecular flexibility index (Phi) is 1.47. The highest BCUT2D eigenvalue weighted by Crippen LogP contribution is 2.28. The Bertz CT molecular complexity index is 414. The highest BCUT2D eigenvalue weighted by atomic mass is 32.1. The number of nitrogen functional groups attached to an aromatic ring is 2. The van der Waals surface area contributed by atoms with Crippen molar-refractivity contribution in [3.8, 4) is 0 Å². The molecule has 0 saturated carbocycles. The van der Waals surface area contributed by atoms with Crippen molar-refractivity contribution in [1.29, 1.82) is 0 Å². The van der Waals surface area contributed by atoms with Crippen molar-refractivity contribution >= 4 is 32.6 Å². The zero-order chi connectivity index (χ0) is 8.72. The Morgan fingerprint density at radius 3 is 3.00 bits per heavy atom. The summed E-state index contributed by atoms with van der Waals surface area (Å²) in [4.78, 5) is 5.11. The maximum absolute atomic E-state index is 5.68.